The Morgan fingerprint density at radius 2 is 1.66 bits per heavy atom. The fraction of sp³-hybridized carbons (Fsp3) is 0.630. The van der Waals surface area contributed by atoms with Crippen LogP contribution in [0.2, 0.25) is 0 Å². The summed E-state index contributed by atoms with van der Waals surface area (Å²) in [4.78, 5) is 27.9. The number of amides is 2. The van der Waals surface area contributed by atoms with Gasteiger partial charge < -0.3 is 15.0 Å². The second-order valence-corrected chi connectivity index (χ2v) is 10.4. The molecule has 1 saturated heterocycles. The first kappa shape index (κ1) is 24.0. The number of nitrogens with zero attached hydrogens (tertiary/aromatic N) is 4. The van der Waals surface area contributed by atoms with Gasteiger partial charge in [0.25, 0.3) is 5.91 Å². The highest BCUT2D eigenvalue weighted by Crippen LogP contribution is 2.28. The molecule has 2 aromatic rings. The number of likely N-dealkylation sites (tertiary alicyclic amines) is 1. The number of aromatic nitrogens is 3. The summed E-state index contributed by atoms with van der Waals surface area (Å²) in [5.74, 6) is 0.0406. The van der Waals surface area contributed by atoms with Crippen molar-refractivity contribution in [3.05, 3.63) is 46.8 Å². The average molecular weight is 480 g/mol. The maximum absolute atomic E-state index is 13.2. The van der Waals surface area contributed by atoms with Crippen molar-refractivity contribution >= 4 is 11.8 Å². The molecule has 35 heavy (non-hydrogen) atoms. The molecule has 1 aromatic heterocycles. The summed E-state index contributed by atoms with van der Waals surface area (Å²) in [5.41, 5.74) is 3.43. The van der Waals surface area contributed by atoms with Crippen LogP contribution in [-0.2, 0) is 22.7 Å². The number of ether oxygens (including phenoxy) is 1. The third kappa shape index (κ3) is 5.58. The Morgan fingerprint density at radius 1 is 0.971 bits per heavy atom. The number of hydrogen-bond acceptors (Lipinski definition) is 5. The van der Waals surface area contributed by atoms with Gasteiger partial charge in [-0.1, -0.05) is 67.1 Å². The Labute approximate surface area is 207 Å². The zero-order valence-corrected chi connectivity index (χ0v) is 20.7. The lowest BCUT2D eigenvalue weighted by molar-refractivity contribution is -0.127. The summed E-state index contributed by atoms with van der Waals surface area (Å²) < 4.78 is 7.88. The minimum atomic E-state index is -0.109. The van der Waals surface area contributed by atoms with Crippen LogP contribution in [0.1, 0.15) is 91.2 Å². The van der Waals surface area contributed by atoms with Crippen LogP contribution in [0.25, 0.3) is 0 Å². The van der Waals surface area contributed by atoms with Crippen molar-refractivity contribution in [3.8, 4) is 0 Å². The second kappa shape index (κ2) is 10.9. The number of piperidine rings is 1. The maximum Gasteiger partial charge on any atom is 0.276 e. The Balaban J connectivity index is 1.15. The standard InChI is InChI=1S/C27H37N5O3/c1-19-9-11-20(12-10-19)24-17-32-23(18-35-24)25(29-30-32)27(34)31-15-13-21(14-16-31)26(33)28-22-7-5-3-2-4-6-8-22/h9-12,21-22,24H,2-8,13-18H2,1H3,(H,28,33)/t24-/m1/s1. The van der Waals surface area contributed by atoms with E-state index >= 15 is 0 Å². The van der Waals surface area contributed by atoms with Crippen molar-refractivity contribution in [2.75, 3.05) is 13.1 Å². The Kier molecular flexibility index (Phi) is 7.46. The van der Waals surface area contributed by atoms with Gasteiger partial charge in [0.05, 0.1) is 18.8 Å². The Hall–Kier alpha value is -2.74. The molecule has 3 heterocycles. The van der Waals surface area contributed by atoms with E-state index in [0.29, 0.717) is 50.8 Å². The van der Waals surface area contributed by atoms with Gasteiger partial charge in [-0.3, -0.25) is 9.59 Å². The fourth-order valence-corrected chi connectivity index (χ4v) is 5.57. The van der Waals surface area contributed by atoms with Gasteiger partial charge in [0.1, 0.15) is 6.10 Å². The highest BCUT2D eigenvalue weighted by atomic mass is 16.5. The minimum Gasteiger partial charge on any atom is -0.365 e. The largest absolute Gasteiger partial charge is 0.365 e. The lowest BCUT2D eigenvalue weighted by Gasteiger charge is -2.32. The second-order valence-electron chi connectivity index (χ2n) is 10.4. The van der Waals surface area contributed by atoms with Crippen molar-refractivity contribution in [3.63, 3.8) is 0 Å². The first-order chi connectivity index (χ1) is 17.1. The summed E-state index contributed by atoms with van der Waals surface area (Å²) in [5, 5.41) is 11.8. The molecule has 1 aromatic carbocycles. The molecule has 3 aliphatic rings. The molecule has 0 bridgehead atoms. The Morgan fingerprint density at radius 3 is 2.37 bits per heavy atom. The summed E-state index contributed by atoms with van der Waals surface area (Å²) in [7, 11) is 0. The Bertz CT molecular complexity index is 1020. The van der Waals surface area contributed by atoms with E-state index in [1.807, 2.05) is 4.90 Å². The van der Waals surface area contributed by atoms with Gasteiger partial charge in [-0.15, -0.1) is 5.10 Å². The highest BCUT2D eigenvalue weighted by Gasteiger charge is 2.33. The van der Waals surface area contributed by atoms with E-state index in [1.54, 1.807) is 4.68 Å². The van der Waals surface area contributed by atoms with Gasteiger partial charge in [0.15, 0.2) is 5.69 Å². The van der Waals surface area contributed by atoms with Crippen LogP contribution in [-0.4, -0.2) is 50.8 Å². The number of carbonyl (C=O) groups excluding carboxylic acids is 2. The summed E-state index contributed by atoms with van der Waals surface area (Å²) in [6.45, 7) is 4.06. The first-order valence-electron chi connectivity index (χ1n) is 13.3. The molecular formula is C27H37N5O3. The molecule has 0 spiro atoms. The summed E-state index contributed by atoms with van der Waals surface area (Å²) in [6.07, 6.45) is 9.76. The number of hydrogen-bond donors (Lipinski definition) is 1. The van der Waals surface area contributed by atoms with Gasteiger partial charge in [0, 0.05) is 25.0 Å². The van der Waals surface area contributed by atoms with Gasteiger partial charge in [0.2, 0.25) is 5.91 Å². The summed E-state index contributed by atoms with van der Waals surface area (Å²) in [6, 6.07) is 8.62. The molecule has 8 nitrogen and oxygen atoms in total. The molecule has 1 saturated carbocycles. The topological polar surface area (TPSA) is 89.4 Å². The normalized spacial score (nSPS) is 22.2. The molecule has 5 rings (SSSR count). The van der Waals surface area contributed by atoms with Crippen LogP contribution < -0.4 is 5.32 Å². The van der Waals surface area contributed by atoms with Crippen LogP contribution >= 0.6 is 0 Å². The van der Waals surface area contributed by atoms with E-state index in [4.69, 9.17) is 4.74 Å². The number of aryl methyl sites for hydroxylation is 1. The number of nitrogens with one attached hydrogen (secondary N) is 1. The lowest BCUT2D eigenvalue weighted by Crippen LogP contribution is -2.45. The van der Waals surface area contributed by atoms with Crippen LogP contribution in [0.4, 0.5) is 0 Å². The van der Waals surface area contributed by atoms with Crippen LogP contribution in [0.3, 0.4) is 0 Å². The third-order valence-corrected chi connectivity index (χ3v) is 7.85. The highest BCUT2D eigenvalue weighted by molar-refractivity contribution is 5.93. The predicted molar refractivity (Wildman–Crippen MR) is 132 cm³/mol. The number of carbonyl (C=O) groups is 2. The zero-order chi connectivity index (χ0) is 24.2. The first-order valence-corrected chi connectivity index (χ1v) is 13.3. The van der Waals surface area contributed by atoms with Gasteiger partial charge in [-0.25, -0.2) is 4.68 Å². The van der Waals surface area contributed by atoms with Crippen molar-refractivity contribution < 1.29 is 14.3 Å². The van der Waals surface area contributed by atoms with Crippen molar-refractivity contribution in [1.29, 1.82) is 0 Å². The molecule has 2 aliphatic heterocycles. The molecule has 188 valence electrons. The molecule has 1 N–H and O–H groups in total. The van der Waals surface area contributed by atoms with Crippen LogP contribution in [0.5, 0.6) is 0 Å². The zero-order valence-electron chi connectivity index (χ0n) is 20.7. The van der Waals surface area contributed by atoms with E-state index in [0.717, 1.165) is 24.1 Å². The minimum absolute atomic E-state index is 0.0165. The van der Waals surface area contributed by atoms with E-state index in [1.165, 1.54) is 37.7 Å². The van der Waals surface area contributed by atoms with Gasteiger partial charge in [-0.2, -0.15) is 0 Å². The lowest BCUT2D eigenvalue weighted by atomic mass is 9.93. The quantitative estimate of drug-likeness (QED) is 0.718. The van der Waals surface area contributed by atoms with Crippen molar-refractivity contribution in [2.45, 2.75) is 90.0 Å². The predicted octanol–water partition coefficient (Wildman–Crippen LogP) is 3.94. The summed E-state index contributed by atoms with van der Waals surface area (Å²) >= 11 is 0. The van der Waals surface area contributed by atoms with Gasteiger partial charge >= 0.3 is 0 Å². The van der Waals surface area contributed by atoms with E-state index in [-0.39, 0.29) is 23.8 Å². The SMILES string of the molecule is Cc1ccc([C@H]2Cn3nnc(C(=O)N4CCC(C(=O)NC5CCCCCCC5)CC4)c3CO2)cc1. The maximum atomic E-state index is 13.2. The number of rotatable bonds is 4. The molecule has 8 heteroatoms. The average Bonchev–Trinajstić information content (AvgIpc) is 3.29. The molecule has 0 radical (unpaired) electrons. The van der Waals surface area contributed by atoms with E-state index in [9.17, 15) is 9.59 Å². The van der Waals surface area contributed by atoms with Crippen LogP contribution in [0, 0.1) is 12.8 Å². The molecule has 2 fully saturated rings. The van der Waals surface area contributed by atoms with E-state index in [2.05, 4.69) is 46.8 Å². The molecule has 2 amide bonds. The van der Waals surface area contributed by atoms with Crippen molar-refractivity contribution in [2.24, 2.45) is 5.92 Å². The molecule has 1 atom stereocenters. The van der Waals surface area contributed by atoms with Crippen LogP contribution in [0.15, 0.2) is 24.3 Å². The molecule has 0 unspecified atom stereocenters. The molecule has 1 aliphatic carbocycles. The smallest absolute Gasteiger partial charge is 0.276 e. The fourth-order valence-electron chi connectivity index (χ4n) is 5.57. The monoisotopic (exact) mass is 479 g/mol. The van der Waals surface area contributed by atoms with Crippen molar-refractivity contribution in [1.82, 2.24) is 25.2 Å². The van der Waals surface area contributed by atoms with Gasteiger partial charge in [-0.05, 0) is 38.2 Å². The molecular weight excluding hydrogens is 442 g/mol. The third-order valence-electron chi connectivity index (χ3n) is 7.85. The number of fused-ring (bicyclic) bond motifs is 1. The van der Waals surface area contributed by atoms with E-state index < -0.39 is 0 Å². The number of benzene rings is 1.